The summed E-state index contributed by atoms with van der Waals surface area (Å²) < 4.78 is 41.3. The number of nitrogens with one attached hydrogen (secondary N) is 1. The summed E-state index contributed by atoms with van der Waals surface area (Å²) in [5.41, 5.74) is 2.33. The predicted molar refractivity (Wildman–Crippen MR) is 68.6 cm³/mol. The maximum absolute atomic E-state index is 12.2. The van der Waals surface area contributed by atoms with Crippen LogP contribution in [0.4, 0.5) is 13.2 Å². The fraction of sp³-hybridized carbons (Fsp3) is 0.455. The van der Waals surface area contributed by atoms with Crippen LogP contribution in [-0.4, -0.2) is 46.7 Å². The number of rotatable bonds is 5. The molecule has 0 fully saturated rings. The number of nitro groups is 1. The fourth-order valence-electron chi connectivity index (χ4n) is 1.85. The van der Waals surface area contributed by atoms with Crippen LogP contribution in [0.1, 0.15) is 5.56 Å². The number of hydrazine groups is 1. The van der Waals surface area contributed by atoms with Gasteiger partial charge in [-0.25, -0.2) is 20.1 Å². The summed E-state index contributed by atoms with van der Waals surface area (Å²) >= 11 is 0. The van der Waals surface area contributed by atoms with Crippen molar-refractivity contribution in [1.82, 2.24) is 15.3 Å². The molecule has 2 rings (SSSR count). The highest BCUT2D eigenvalue weighted by Gasteiger charge is 2.29. The smallest absolute Gasteiger partial charge is 0.422 e. The highest BCUT2D eigenvalue weighted by Crippen LogP contribution is 2.21. The van der Waals surface area contributed by atoms with E-state index in [0.717, 1.165) is 0 Å². The Morgan fingerprint density at radius 2 is 2.27 bits per heavy atom. The number of hydrogen-bond donors (Lipinski definition) is 1. The fourth-order valence-corrected chi connectivity index (χ4v) is 1.85. The van der Waals surface area contributed by atoms with Gasteiger partial charge in [0.2, 0.25) is 5.88 Å². The molecule has 0 atom stereocenters. The van der Waals surface area contributed by atoms with Gasteiger partial charge in [0.25, 0.3) is 5.96 Å². The minimum atomic E-state index is -4.47. The zero-order valence-corrected chi connectivity index (χ0v) is 11.2. The molecule has 1 N–H and O–H groups in total. The van der Waals surface area contributed by atoms with Crippen molar-refractivity contribution in [3.05, 3.63) is 34.0 Å². The lowest BCUT2D eigenvalue weighted by Gasteiger charge is -2.19. The molecule has 0 aromatic carbocycles. The number of alkyl halides is 3. The van der Waals surface area contributed by atoms with E-state index in [2.05, 4.69) is 14.7 Å². The van der Waals surface area contributed by atoms with Gasteiger partial charge in [0.1, 0.15) is 0 Å². The Kier molecular flexibility index (Phi) is 4.63. The topological polar surface area (TPSA) is 92.9 Å². The first kappa shape index (κ1) is 15.8. The highest BCUT2D eigenvalue weighted by molar-refractivity contribution is 5.80. The molecule has 0 bridgehead atoms. The molecule has 2 heterocycles. The Balaban J connectivity index is 2.06. The van der Waals surface area contributed by atoms with Crippen molar-refractivity contribution in [2.75, 3.05) is 19.7 Å². The zero-order chi connectivity index (χ0) is 16.2. The molecular formula is C11H12F3N5O3. The zero-order valence-electron chi connectivity index (χ0n) is 11.2. The Morgan fingerprint density at radius 1 is 1.50 bits per heavy atom. The van der Waals surface area contributed by atoms with Gasteiger partial charge in [0.15, 0.2) is 11.6 Å². The molecule has 0 amide bonds. The summed E-state index contributed by atoms with van der Waals surface area (Å²) in [6.45, 7) is -0.592. The van der Waals surface area contributed by atoms with Crippen molar-refractivity contribution in [3.63, 3.8) is 0 Å². The van der Waals surface area contributed by atoms with Gasteiger partial charge in [-0.05, 0) is 6.07 Å². The first-order chi connectivity index (χ1) is 10.3. The van der Waals surface area contributed by atoms with Crippen LogP contribution in [0.3, 0.4) is 0 Å². The molecule has 22 heavy (non-hydrogen) atoms. The van der Waals surface area contributed by atoms with Gasteiger partial charge >= 0.3 is 6.18 Å². The van der Waals surface area contributed by atoms with E-state index in [-0.39, 0.29) is 18.4 Å². The summed E-state index contributed by atoms with van der Waals surface area (Å²) in [6.07, 6.45) is -3.16. The van der Waals surface area contributed by atoms with Crippen LogP contribution in [0.5, 0.6) is 5.88 Å². The minimum absolute atomic E-state index is 0.0515. The Hall–Kier alpha value is -2.59. The molecule has 1 aromatic rings. The van der Waals surface area contributed by atoms with Crippen LogP contribution in [0.15, 0.2) is 23.3 Å². The largest absolute Gasteiger partial charge is 0.468 e. The van der Waals surface area contributed by atoms with Crippen molar-refractivity contribution in [3.8, 4) is 5.88 Å². The summed E-state index contributed by atoms with van der Waals surface area (Å²) in [6, 6.07) is 3.09. The molecule has 1 aliphatic rings. The Morgan fingerprint density at radius 3 is 2.95 bits per heavy atom. The van der Waals surface area contributed by atoms with E-state index in [9.17, 15) is 23.3 Å². The molecule has 0 unspecified atom stereocenters. The van der Waals surface area contributed by atoms with Crippen LogP contribution >= 0.6 is 0 Å². The van der Waals surface area contributed by atoms with E-state index < -0.39 is 17.8 Å². The molecule has 8 nitrogen and oxygen atoms in total. The van der Waals surface area contributed by atoms with E-state index in [4.69, 9.17) is 0 Å². The van der Waals surface area contributed by atoms with Gasteiger partial charge in [0.05, 0.1) is 13.1 Å². The molecule has 1 aliphatic heterocycles. The number of aromatic nitrogens is 1. The van der Waals surface area contributed by atoms with Gasteiger partial charge in [-0.3, -0.25) is 0 Å². The van der Waals surface area contributed by atoms with E-state index >= 15 is 0 Å². The van der Waals surface area contributed by atoms with Crippen molar-refractivity contribution in [1.29, 1.82) is 0 Å². The Bertz CT molecular complexity index is 578. The van der Waals surface area contributed by atoms with Crippen molar-refractivity contribution >= 4 is 5.96 Å². The highest BCUT2D eigenvalue weighted by atomic mass is 19.4. The lowest BCUT2D eigenvalue weighted by Crippen LogP contribution is -2.40. The second-order valence-corrected chi connectivity index (χ2v) is 4.37. The number of pyridine rings is 1. The molecular weight excluding hydrogens is 307 g/mol. The van der Waals surface area contributed by atoms with Crippen molar-refractivity contribution in [2.45, 2.75) is 12.7 Å². The van der Waals surface area contributed by atoms with Crippen LogP contribution in [0, 0.1) is 10.1 Å². The number of halogens is 3. The minimum Gasteiger partial charge on any atom is -0.468 e. The van der Waals surface area contributed by atoms with Crippen molar-refractivity contribution < 1.29 is 22.9 Å². The molecule has 11 heteroatoms. The average Bonchev–Trinajstić information content (AvgIpc) is 2.83. The van der Waals surface area contributed by atoms with E-state index in [1.165, 1.54) is 11.1 Å². The molecule has 0 radical (unpaired) electrons. The molecule has 0 aliphatic carbocycles. The molecule has 0 spiro atoms. The maximum Gasteiger partial charge on any atom is 0.422 e. The number of aliphatic imine (C=N–C) groups is 1. The van der Waals surface area contributed by atoms with E-state index in [1.807, 2.05) is 5.43 Å². The summed E-state index contributed by atoms with van der Waals surface area (Å²) in [4.78, 5) is 19.7. The molecule has 120 valence electrons. The van der Waals surface area contributed by atoms with E-state index in [1.54, 1.807) is 12.1 Å². The number of guanidine groups is 1. The first-order valence-corrected chi connectivity index (χ1v) is 6.19. The van der Waals surface area contributed by atoms with Gasteiger partial charge in [0, 0.05) is 18.3 Å². The molecule has 1 aromatic heterocycles. The second-order valence-electron chi connectivity index (χ2n) is 4.37. The quantitative estimate of drug-likeness (QED) is 0.642. The number of ether oxygens (including phenoxy) is 1. The van der Waals surface area contributed by atoms with Gasteiger partial charge in [-0.15, -0.1) is 0 Å². The van der Waals surface area contributed by atoms with Crippen LogP contribution < -0.4 is 10.2 Å². The number of nitrogens with zero attached hydrogens (tertiary/aromatic N) is 4. The summed E-state index contributed by atoms with van der Waals surface area (Å²) in [5, 5.41) is 9.71. The van der Waals surface area contributed by atoms with E-state index in [0.29, 0.717) is 18.7 Å². The Labute approximate surface area is 122 Å². The van der Waals surface area contributed by atoms with Crippen molar-refractivity contribution in [2.24, 2.45) is 4.99 Å². The third kappa shape index (κ3) is 4.46. The summed E-state index contributed by atoms with van der Waals surface area (Å²) in [7, 11) is 0. The average molecular weight is 319 g/mol. The van der Waals surface area contributed by atoms with Crippen LogP contribution in [0.2, 0.25) is 0 Å². The summed E-state index contributed by atoms with van der Waals surface area (Å²) in [5.74, 6) is -0.109. The third-order valence-electron chi connectivity index (χ3n) is 2.71. The van der Waals surface area contributed by atoms with Gasteiger partial charge < -0.3 is 9.64 Å². The number of hydrogen-bond acceptors (Lipinski definition) is 6. The standard InChI is InChI=1S/C11H12F3N5O3/c12-11(13,14)7-22-9-8(2-1-3-15-9)6-18-5-4-16-10(18)17-19(20)21/h1-3H,4-7H2,(H,16,17). The third-order valence-corrected chi connectivity index (χ3v) is 2.71. The monoisotopic (exact) mass is 319 g/mol. The lowest BCUT2D eigenvalue weighted by molar-refractivity contribution is -0.526. The normalized spacial score (nSPS) is 14.7. The SMILES string of the molecule is O=[N+]([O-])NC1=NCCN1Cc1cccnc1OCC(F)(F)F. The maximum atomic E-state index is 12.2. The molecule has 0 saturated heterocycles. The lowest BCUT2D eigenvalue weighted by atomic mass is 10.2. The van der Waals surface area contributed by atoms with Gasteiger partial charge in [-0.1, -0.05) is 11.5 Å². The van der Waals surface area contributed by atoms with Gasteiger partial charge in [-0.2, -0.15) is 13.2 Å². The van der Waals surface area contributed by atoms with Crippen LogP contribution in [0.25, 0.3) is 0 Å². The first-order valence-electron chi connectivity index (χ1n) is 6.19. The second kappa shape index (κ2) is 6.45. The predicted octanol–water partition coefficient (Wildman–Crippen LogP) is 0.976. The molecule has 0 saturated carbocycles. The van der Waals surface area contributed by atoms with Crippen LogP contribution in [-0.2, 0) is 6.54 Å².